The van der Waals surface area contributed by atoms with Crippen molar-refractivity contribution in [2.75, 3.05) is 11.9 Å². The molecule has 20 heavy (non-hydrogen) atoms. The third-order valence-electron chi connectivity index (χ3n) is 2.75. The largest absolute Gasteiger partial charge is 0.508 e. The number of benzene rings is 2. The fraction of sp³-hybridized carbons (Fsp3) is 0.143. The Hall–Kier alpha value is -1.30. The van der Waals surface area contributed by atoms with Gasteiger partial charge in [-0.2, -0.15) is 0 Å². The van der Waals surface area contributed by atoms with Gasteiger partial charge in [0.15, 0.2) is 0 Å². The fourth-order valence-corrected chi connectivity index (χ4v) is 2.32. The van der Waals surface area contributed by atoms with E-state index in [2.05, 4.69) is 21.2 Å². The van der Waals surface area contributed by atoms with Crippen LogP contribution in [-0.2, 0) is 0 Å². The molecule has 2 aromatic rings. The zero-order valence-corrected chi connectivity index (χ0v) is 12.6. The van der Waals surface area contributed by atoms with E-state index in [0.29, 0.717) is 20.7 Å². The van der Waals surface area contributed by atoms with Crippen molar-refractivity contribution in [3.8, 4) is 5.75 Å². The van der Waals surface area contributed by atoms with Gasteiger partial charge in [-0.15, -0.1) is 0 Å². The Morgan fingerprint density at radius 1 is 1.25 bits per heavy atom. The van der Waals surface area contributed by atoms with Gasteiger partial charge >= 0.3 is 0 Å². The van der Waals surface area contributed by atoms with E-state index in [1.165, 1.54) is 12.1 Å². The highest BCUT2D eigenvalue weighted by molar-refractivity contribution is 9.10. The Labute approximate surface area is 129 Å². The van der Waals surface area contributed by atoms with Crippen LogP contribution in [0.3, 0.4) is 0 Å². The molecule has 106 valence electrons. The van der Waals surface area contributed by atoms with Gasteiger partial charge in [0.1, 0.15) is 11.6 Å². The first-order chi connectivity index (χ1) is 9.49. The molecule has 0 aliphatic rings. The van der Waals surface area contributed by atoms with Gasteiger partial charge in [-0.05, 0) is 51.8 Å². The lowest BCUT2D eigenvalue weighted by Crippen LogP contribution is -2.15. The van der Waals surface area contributed by atoms with Gasteiger partial charge in [0.2, 0.25) is 0 Å². The van der Waals surface area contributed by atoms with Crippen LogP contribution >= 0.6 is 27.5 Å². The molecule has 0 heterocycles. The molecular formula is C14H12BrClFNO2. The number of anilines is 1. The molecule has 0 radical (unpaired) electrons. The van der Waals surface area contributed by atoms with Gasteiger partial charge in [-0.3, -0.25) is 0 Å². The van der Waals surface area contributed by atoms with E-state index in [0.717, 1.165) is 6.07 Å². The molecule has 0 aliphatic carbocycles. The SMILES string of the molecule is OCC(Nc1ccc(Cl)c(Br)c1)c1cc(O)cc(F)c1. The molecule has 0 spiro atoms. The number of aromatic hydroxyl groups is 1. The molecule has 6 heteroatoms. The first-order valence-electron chi connectivity index (χ1n) is 5.81. The molecule has 0 bridgehead atoms. The topological polar surface area (TPSA) is 52.5 Å². The number of hydrogen-bond acceptors (Lipinski definition) is 3. The second kappa shape index (κ2) is 6.43. The maximum absolute atomic E-state index is 13.3. The average molecular weight is 361 g/mol. The van der Waals surface area contributed by atoms with Crippen LogP contribution in [-0.4, -0.2) is 16.8 Å². The first kappa shape index (κ1) is 15.1. The summed E-state index contributed by atoms with van der Waals surface area (Å²) in [5.41, 5.74) is 1.17. The molecule has 0 amide bonds. The Morgan fingerprint density at radius 3 is 2.60 bits per heavy atom. The number of aliphatic hydroxyl groups excluding tert-OH is 1. The van der Waals surface area contributed by atoms with Crippen LogP contribution in [0.1, 0.15) is 11.6 Å². The van der Waals surface area contributed by atoms with Gasteiger partial charge in [0.25, 0.3) is 0 Å². The standard InChI is InChI=1S/C14H12BrClFNO2/c15-12-6-10(1-2-13(12)16)18-14(7-19)8-3-9(17)5-11(20)4-8/h1-6,14,18-20H,7H2. The Balaban J connectivity index is 2.26. The van der Waals surface area contributed by atoms with Gasteiger partial charge in [0.05, 0.1) is 17.7 Å². The molecule has 0 saturated heterocycles. The quantitative estimate of drug-likeness (QED) is 0.769. The lowest BCUT2D eigenvalue weighted by atomic mass is 10.1. The lowest BCUT2D eigenvalue weighted by molar-refractivity contribution is 0.276. The molecule has 1 atom stereocenters. The van der Waals surface area contributed by atoms with E-state index in [1.807, 2.05) is 0 Å². The fourth-order valence-electron chi connectivity index (χ4n) is 1.82. The van der Waals surface area contributed by atoms with Gasteiger partial charge in [0, 0.05) is 16.2 Å². The molecule has 0 aromatic heterocycles. The summed E-state index contributed by atoms with van der Waals surface area (Å²) in [7, 11) is 0. The van der Waals surface area contributed by atoms with E-state index in [9.17, 15) is 14.6 Å². The minimum Gasteiger partial charge on any atom is -0.508 e. The third-order valence-corrected chi connectivity index (χ3v) is 3.96. The van der Waals surface area contributed by atoms with E-state index < -0.39 is 11.9 Å². The summed E-state index contributed by atoms with van der Waals surface area (Å²) >= 11 is 9.21. The number of aliphatic hydroxyl groups is 1. The third kappa shape index (κ3) is 3.62. The zero-order chi connectivity index (χ0) is 14.7. The number of phenols is 1. The van der Waals surface area contributed by atoms with Crippen molar-refractivity contribution in [3.05, 3.63) is 57.3 Å². The predicted molar refractivity (Wildman–Crippen MR) is 80.7 cm³/mol. The normalized spacial score (nSPS) is 12.2. The van der Waals surface area contributed by atoms with Gasteiger partial charge in [-0.1, -0.05) is 11.6 Å². The zero-order valence-electron chi connectivity index (χ0n) is 10.3. The first-order valence-corrected chi connectivity index (χ1v) is 6.98. The smallest absolute Gasteiger partial charge is 0.127 e. The van der Waals surface area contributed by atoms with Crippen molar-refractivity contribution >= 4 is 33.2 Å². The van der Waals surface area contributed by atoms with E-state index in [4.69, 9.17) is 11.6 Å². The van der Waals surface area contributed by atoms with Crippen molar-refractivity contribution in [2.45, 2.75) is 6.04 Å². The molecule has 1 unspecified atom stereocenters. The number of halogens is 3. The highest BCUT2D eigenvalue weighted by Gasteiger charge is 2.13. The van der Waals surface area contributed by atoms with Crippen molar-refractivity contribution in [1.29, 1.82) is 0 Å². The summed E-state index contributed by atoms with van der Waals surface area (Å²) in [6, 6.07) is 8.34. The van der Waals surface area contributed by atoms with Crippen LogP contribution in [0, 0.1) is 5.82 Å². The van der Waals surface area contributed by atoms with Crippen LogP contribution in [0.15, 0.2) is 40.9 Å². The summed E-state index contributed by atoms with van der Waals surface area (Å²) in [5, 5.41) is 22.5. The van der Waals surface area contributed by atoms with Gasteiger partial charge < -0.3 is 15.5 Å². The van der Waals surface area contributed by atoms with Crippen molar-refractivity contribution < 1.29 is 14.6 Å². The second-order valence-corrected chi connectivity index (χ2v) is 5.51. The monoisotopic (exact) mass is 359 g/mol. The van der Waals surface area contributed by atoms with E-state index >= 15 is 0 Å². The Bertz CT molecular complexity index is 604. The van der Waals surface area contributed by atoms with E-state index in [1.54, 1.807) is 18.2 Å². The number of phenolic OH excluding ortho intramolecular Hbond substituents is 1. The summed E-state index contributed by atoms with van der Waals surface area (Å²) in [6.07, 6.45) is 0. The summed E-state index contributed by atoms with van der Waals surface area (Å²) in [4.78, 5) is 0. The molecule has 2 aromatic carbocycles. The maximum Gasteiger partial charge on any atom is 0.127 e. The highest BCUT2D eigenvalue weighted by Crippen LogP contribution is 2.28. The van der Waals surface area contributed by atoms with Crippen LogP contribution < -0.4 is 5.32 Å². The molecule has 0 saturated carbocycles. The average Bonchev–Trinajstić information content (AvgIpc) is 2.38. The molecule has 3 N–H and O–H groups in total. The number of nitrogens with one attached hydrogen (secondary N) is 1. The summed E-state index contributed by atoms with van der Waals surface area (Å²) in [5.74, 6) is -0.741. The number of hydrogen-bond donors (Lipinski definition) is 3. The van der Waals surface area contributed by atoms with Crippen molar-refractivity contribution in [2.24, 2.45) is 0 Å². The minimum absolute atomic E-state index is 0.183. The summed E-state index contributed by atoms with van der Waals surface area (Å²) < 4.78 is 14.0. The summed E-state index contributed by atoms with van der Waals surface area (Å²) in [6.45, 7) is -0.247. The van der Waals surface area contributed by atoms with Crippen LogP contribution in [0.5, 0.6) is 5.75 Å². The highest BCUT2D eigenvalue weighted by atomic mass is 79.9. The predicted octanol–water partition coefficient (Wildman–Crippen LogP) is 4.09. The van der Waals surface area contributed by atoms with Crippen molar-refractivity contribution in [3.63, 3.8) is 0 Å². The van der Waals surface area contributed by atoms with E-state index in [-0.39, 0.29) is 12.4 Å². The van der Waals surface area contributed by atoms with Crippen LogP contribution in [0.4, 0.5) is 10.1 Å². The van der Waals surface area contributed by atoms with Crippen LogP contribution in [0.25, 0.3) is 0 Å². The second-order valence-electron chi connectivity index (χ2n) is 4.25. The van der Waals surface area contributed by atoms with Crippen LogP contribution in [0.2, 0.25) is 5.02 Å². The molecular weight excluding hydrogens is 349 g/mol. The molecule has 3 nitrogen and oxygen atoms in total. The minimum atomic E-state index is -0.558. The number of rotatable bonds is 4. The Kier molecular flexibility index (Phi) is 4.86. The maximum atomic E-state index is 13.3. The van der Waals surface area contributed by atoms with Crippen molar-refractivity contribution in [1.82, 2.24) is 0 Å². The Morgan fingerprint density at radius 2 is 2.00 bits per heavy atom. The molecule has 0 aliphatic heterocycles. The van der Waals surface area contributed by atoms with Gasteiger partial charge in [-0.25, -0.2) is 4.39 Å². The molecule has 2 rings (SSSR count). The molecule has 0 fully saturated rings. The lowest BCUT2D eigenvalue weighted by Gasteiger charge is -2.19.